The fraction of sp³-hybridized carbons (Fsp3) is 0.400. The van der Waals surface area contributed by atoms with Crippen LogP contribution in [0.3, 0.4) is 0 Å². The lowest BCUT2D eigenvalue weighted by Gasteiger charge is -2.25. The fourth-order valence-electron chi connectivity index (χ4n) is 2.10. The lowest BCUT2D eigenvalue weighted by molar-refractivity contribution is -0.162. The summed E-state index contributed by atoms with van der Waals surface area (Å²) < 4.78 is 9.04. The van der Waals surface area contributed by atoms with Crippen LogP contribution in [0.2, 0.25) is 0 Å². The van der Waals surface area contributed by atoms with Crippen LogP contribution in [0.4, 0.5) is 0 Å². The molecule has 0 bridgehead atoms. The van der Waals surface area contributed by atoms with E-state index in [1.807, 2.05) is 0 Å². The van der Waals surface area contributed by atoms with Gasteiger partial charge in [0.25, 0.3) is 5.91 Å². The first kappa shape index (κ1) is 19.1. The van der Waals surface area contributed by atoms with Crippen molar-refractivity contribution >= 4 is 23.8 Å². The van der Waals surface area contributed by atoms with E-state index in [1.165, 1.54) is 19.2 Å². The van der Waals surface area contributed by atoms with E-state index in [9.17, 15) is 24.3 Å². The van der Waals surface area contributed by atoms with E-state index < -0.39 is 41.7 Å². The van der Waals surface area contributed by atoms with Crippen LogP contribution in [-0.2, 0) is 23.9 Å². The van der Waals surface area contributed by atoms with Gasteiger partial charge in [0.05, 0.1) is 14.2 Å². The van der Waals surface area contributed by atoms with Crippen molar-refractivity contribution in [3.8, 4) is 0 Å². The summed E-state index contributed by atoms with van der Waals surface area (Å²) in [5, 5.41) is 11.6. The Bertz CT molecular complexity index is 602. The topological polar surface area (TPSA) is 132 Å². The number of hydrogen-bond acceptors (Lipinski definition) is 7. The van der Waals surface area contributed by atoms with E-state index >= 15 is 0 Å². The van der Waals surface area contributed by atoms with Crippen molar-refractivity contribution in [3.05, 3.63) is 30.1 Å². The Morgan fingerprint density at radius 2 is 1.71 bits per heavy atom. The average molecular weight is 338 g/mol. The highest BCUT2D eigenvalue weighted by molar-refractivity contribution is 5.98. The third-order valence-corrected chi connectivity index (χ3v) is 3.41. The zero-order valence-electron chi connectivity index (χ0n) is 13.4. The van der Waals surface area contributed by atoms with Crippen LogP contribution in [-0.4, -0.2) is 54.2 Å². The highest BCUT2D eigenvalue weighted by Gasteiger charge is 2.42. The number of carboxylic acid groups (broad SMARTS) is 1. The van der Waals surface area contributed by atoms with E-state index in [0.717, 1.165) is 14.2 Å². The number of hydrogen-bond donors (Lipinski definition) is 2. The molecule has 1 heterocycles. The third-order valence-electron chi connectivity index (χ3n) is 3.41. The number of carbonyl (C=O) groups excluding carboxylic acids is 3. The molecule has 2 atom stereocenters. The predicted octanol–water partition coefficient (Wildman–Crippen LogP) is -0.137. The van der Waals surface area contributed by atoms with E-state index in [0.29, 0.717) is 0 Å². The van der Waals surface area contributed by atoms with Crippen LogP contribution < -0.4 is 5.32 Å². The zero-order chi connectivity index (χ0) is 18.3. The van der Waals surface area contributed by atoms with Crippen LogP contribution in [0.1, 0.15) is 17.4 Å². The molecule has 0 radical (unpaired) electrons. The Labute approximate surface area is 138 Å². The number of nitrogens with one attached hydrogen (secondary N) is 1. The van der Waals surface area contributed by atoms with E-state index in [2.05, 4.69) is 19.8 Å². The van der Waals surface area contributed by atoms with Crippen molar-refractivity contribution in [2.75, 3.05) is 14.2 Å². The molecule has 1 aromatic rings. The maximum absolute atomic E-state index is 12.1. The van der Waals surface area contributed by atoms with Gasteiger partial charge in [0, 0.05) is 12.1 Å². The van der Waals surface area contributed by atoms with Gasteiger partial charge in [0.2, 0.25) is 0 Å². The lowest BCUT2D eigenvalue weighted by atomic mass is 9.87. The second kappa shape index (κ2) is 8.61. The number of carbonyl (C=O) groups is 4. The number of aliphatic carboxylic acids is 1. The van der Waals surface area contributed by atoms with Crippen LogP contribution >= 0.6 is 0 Å². The lowest BCUT2D eigenvalue weighted by Crippen LogP contribution is -2.50. The smallest absolute Gasteiger partial charge is 0.326 e. The van der Waals surface area contributed by atoms with Gasteiger partial charge < -0.3 is 19.9 Å². The van der Waals surface area contributed by atoms with Crippen LogP contribution in [0, 0.1) is 11.8 Å². The van der Waals surface area contributed by atoms with E-state index in [1.54, 1.807) is 12.1 Å². The first-order valence-electron chi connectivity index (χ1n) is 6.93. The highest BCUT2D eigenvalue weighted by Crippen LogP contribution is 2.20. The molecule has 9 heteroatoms. The minimum atomic E-state index is -1.53. The molecule has 0 aliphatic heterocycles. The number of methoxy groups -OCH3 is 2. The molecular formula is C15H18N2O7. The number of rotatable bonds is 7. The van der Waals surface area contributed by atoms with Gasteiger partial charge in [-0.1, -0.05) is 13.0 Å². The van der Waals surface area contributed by atoms with E-state index in [-0.39, 0.29) is 5.69 Å². The van der Waals surface area contributed by atoms with Crippen LogP contribution in [0.15, 0.2) is 24.4 Å². The summed E-state index contributed by atoms with van der Waals surface area (Å²) in [5.74, 6) is -6.67. The van der Waals surface area contributed by atoms with E-state index in [4.69, 9.17) is 0 Å². The Kier molecular flexibility index (Phi) is 6.84. The van der Waals surface area contributed by atoms with Crippen molar-refractivity contribution in [3.63, 3.8) is 0 Å². The summed E-state index contributed by atoms with van der Waals surface area (Å²) in [6.45, 7) is 1.33. The average Bonchev–Trinajstić information content (AvgIpc) is 2.59. The Balaban J connectivity index is 3.04. The quantitative estimate of drug-likeness (QED) is 0.519. The summed E-state index contributed by atoms with van der Waals surface area (Å²) >= 11 is 0. The number of ether oxygens (including phenoxy) is 2. The number of nitrogens with zero attached hydrogens (tertiary/aromatic N) is 1. The molecule has 2 N–H and O–H groups in total. The second-order valence-corrected chi connectivity index (χ2v) is 4.89. The maximum Gasteiger partial charge on any atom is 0.326 e. The van der Waals surface area contributed by atoms with Gasteiger partial charge in [-0.25, -0.2) is 4.79 Å². The number of aromatic nitrogens is 1. The summed E-state index contributed by atoms with van der Waals surface area (Å²) in [6, 6.07) is 3.03. The fourth-order valence-corrected chi connectivity index (χ4v) is 2.10. The maximum atomic E-state index is 12.1. The van der Waals surface area contributed by atoms with Crippen molar-refractivity contribution < 1.29 is 33.8 Å². The molecule has 24 heavy (non-hydrogen) atoms. The van der Waals surface area contributed by atoms with Gasteiger partial charge in [-0.2, -0.15) is 0 Å². The van der Waals surface area contributed by atoms with Gasteiger partial charge in [-0.3, -0.25) is 19.4 Å². The van der Waals surface area contributed by atoms with Gasteiger partial charge in [0.1, 0.15) is 11.7 Å². The summed E-state index contributed by atoms with van der Waals surface area (Å²) in [4.78, 5) is 51.0. The van der Waals surface area contributed by atoms with Gasteiger partial charge in [-0.15, -0.1) is 0 Å². The summed E-state index contributed by atoms with van der Waals surface area (Å²) in [7, 11) is 2.13. The van der Waals surface area contributed by atoms with Crippen molar-refractivity contribution in [1.29, 1.82) is 0 Å². The van der Waals surface area contributed by atoms with Gasteiger partial charge in [-0.05, 0) is 12.1 Å². The molecule has 0 aliphatic carbocycles. The minimum Gasteiger partial charge on any atom is -0.480 e. The summed E-state index contributed by atoms with van der Waals surface area (Å²) in [6.07, 6.45) is 1.37. The van der Waals surface area contributed by atoms with Crippen molar-refractivity contribution in [2.45, 2.75) is 13.0 Å². The van der Waals surface area contributed by atoms with Crippen molar-refractivity contribution in [2.24, 2.45) is 11.8 Å². The minimum absolute atomic E-state index is 0.00337. The molecule has 0 aromatic carbocycles. The van der Waals surface area contributed by atoms with Crippen LogP contribution in [0.25, 0.3) is 0 Å². The number of esters is 2. The highest BCUT2D eigenvalue weighted by atomic mass is 16.5. The van der Waals surface area contributed by atoms with Crippen LogP contribution in [0.5, 0.6) is 0 Å². The molecule has 1 amide bonds. The Morgan fingerprint density at radius 1 is 1.12 bits per heavy atom. The largest absolute Gasteiger partial charge is 0.480 e. The molecule has 0 fully saturated rings. The molecule has 0 saturated heterocycles. The van der Waals surface area contributed by atoms with Gasteiger partial charge in [0.15, 0.2) is 5.92 Å². The molecule has 0 unspecified atom stereocenters. The second-order valence-electron chi connectivity index (χ2n) is 4.89. The van der Waals surface area contributed by atoms with Crippen molar-refractivity contribution in [1.82, 2.24) is 10.3 Å². The molecule has 0 saturated carbocycles. The summed E-state index contributed by atoms with van der Waals surface area (Å²) in [5.41, 5.74) is 0.00337. The molecule has 0 spiro atoms. The Hall–Kier alpha value is -2.97. The van der Waals surface area contributed by atoms with Gasteiger partial charge >= 0.3 is 17.9 Å². The third kappa shape index (κ3) is 4.51. The SMILES string of the molecule is COC(=O)C(C(=O)OC)[C@@H](C)[C@@H](NC(=O)c1ccccn1)C(=O)O. The Morgan fingerprint density at radius 3 is 2.12 bits per heavy atom. The zero-order valence-corrected chi connectivity index (χ0v) is 13.4. The first-order chi connectivity index (χ1) is 11.3. The molecule has 9 nitrogen and oxygen atoms in total. The number of carboxylic acids is 1. The monoisotopic (exact) mass is 338 g/mol. The molecule has 1 aromatic heterocycles. The molecule has 1 rings (SSSR count). The molecule has 0 aliphatic rings. The molecular weight excluding hydrogens is 320 g/mol. The predicted molar refractivity (Wildman–Crippen MR) is 79.8 cm³/mol. The number of pyridine rings is 1. The number of amides is 1. The first-order valence-corrected chi connectivity index (χ1v) is 6.93. The standard InChI is InChI=1S/C15H18N2O7/c1-8(10(14(21)23-2)15(22)24-3)11(13(19)20)17-12(18)9-6-4-5-7-16-9/h4-8,10-11H,1-3H3,(H,17,18)(H,19,20)/t8-,11-/m1/s1. The normalized spacial score (nSPS) is 12.8. The molecule has 130 valence electrons.